The van der Waals surface area contributed by atoms with Gasteiger partial charge in [0.25, 0.3) is 0 Å². The number of alkyl halides is 1. The zero-order valence-electron chi connectivity index (χ0n) is 10.2. The lowest BCUT2D eigenvalue weighted by atomic mass is 10.1. The third kappa shape index (κ3) is 2.88. The number of benzene rings is 2. The summed E-state index contributed by atoms with van der Waals surface area (Å²) in [7, 11) is 0. The smallest absolute Gasteiger partial charge is 0.167 e. The van der Waals surface area contributed by atoms with Gasteiger partial charge in [0, 0.05) is 5.88 Å². The van der Waals surface area contributed by atoms with Gasteiger partial charge in [-0.15, -0.1) is 11.6 Å². The molecule has 2 aromatic rings. The number of ether oxygens (including phenoxy) is 1. The Kier molecular flexibility index (Phi) is 4.20. The van der Waals surface area contributed by atoms with Crippen LogP contribution < -0.4 is 4.74 Å². The van der Waals surface area contributed by atoms with E-state index in [2.05, 4.69) is 0 Å². The predicted molar refractivity (Wildman–Crippen MR) is 71.9 cm³/mol. The van der Waals surface area contributed by atoms with Crippen LogP contribution >= 0.6 is 11.6 Å². The molecule has 0 N–H and O–H groups in total. The van der Waals surface area contributed by atoms with Crippen LogP contribution in [0.1, 0.15) is 16.7 Å². The largest absolute Gasteiger partial charge is 0.453 e. The molecule has 0 unspecified atom stereocenters. The van der Waals surface area contributed by atoms with E-state index in [-0.39, 0.29) is 28.5 Å². The summed E-state index contributed by atoms with van der Waals surface area (Å²) >= 11 is 5.69. The predicted octanol–water partition coefficient (Wildman–Crippen LogP) is 4.10. The van der Waals surface area contributed by atoms with Gasteiger partial charge >= 0.3 is 0 Å². The number of halogens is 2. The highest BCUT2D eigenvalue weighted by atomic mass is 35.5. The summed E-state index contributed by atoms with van der Waals surface area (Å²) in [5.41, 5.74) is 1.25. The molecule has 0 atom stereocenters. The summed E-state index contributed by atoms with van der Waals surface area (Å²) in [5, 5.41) is 17.7. The molecule has 0 aliphatic rings. The number of rotatable bonds is 3. The van der Waals surface area contributed by atoms with Gasteiger partial charge in [-0.05, 0) is 35.9 Å². The van der Waals surface area contributed by atoms with Crippen molar-refractivity contribution in [3.63, 3.8) is 0 Å². The summed E-state index contributed by atoms with van der Waals surface area (Å²) in [4.78, 5) is 0. The molecule has 0 heterocycles. The lowest BCUT2D eigenvalue weighted by Gasteiger charge is -2.09. The molecule has 2 rings (SSSR count). The maximum absolute atomic E-state index is 13.7. The lowest BCUT2D eigenvalue weighted by Crippen LogP contribution is -1.93. The van der Waals surface area contributed by atoms with Gasteiger partial charge in [-0.25, -0.2) is 4.39 Å². The molecule has 0 bridgehead atoms. The first kappa shape index (κ1) is 13.9. The van der Waals surface area contributed by atoms with Crippen LogP contribution in [0.2, 0.25) is 0 Å². The molecule has 0 amide bonds. The average Bonchev–Trinajstić information content (AvgIpc) is 2.49. The van der Waals surface area contributed by atoms with Crippen LogP contribution in [0.25, 0.3) is 0 Å². The summed E-state index contributed by atoms with van der Waals surface area (Å²) in [6.07, 6.45) is 0. The SMILES string of the molecule is N#Cc1ccc(Oc2ccc(CCl)cc2C#N)c(F)c1. The highest BCUT2D eigenvalue weighted by Crippen LogP contribution is 2.28. The molecule has 98 valence electrons. The molecule has 2 aromatic carbocycles. The van der Waals surface area contributed by atoms with E-state index in [4.69, 9.17) is 26.9 Å². The first-order valence-corrected chi connectivity index (χ1v) is 6.18. The van der Waals surface area contributed by atoms with E-state index in [0.29, 0.717) is 0 Å². The van der Waals surface area contributed by atoms with E-state index in [1.165, 1.54) is 12.1 Å². The Balaban J connectivity index is 2.36. The molecule has 0 fully saturated rings. The van der Waals surface area contributed by atoms with Gasteiger partial charge in [0.1, 0.15) is 11.8 Å². The lowest BCUT2D eigenvalue weighted by molar-refractivity contribution is 0.441. The minimum atomic E-state index is -0.658. The van der Waals surface area contributed by atoms with Crippen molar-refractivity contribution in [2.45, 2.75) is 5.88 Å². The molecule has 5 heteroatoms. The third-order valence-corrected chi connectivity index (χ3v) is 2.91. The van der Waals surface area contributed by atoms with E-state index in [1.807, 2.05) is 12.1 Å². The van der Waals surface area contributed by atoms with Crippen LogP contribution in [0.3, 0.4) is 0 Å². The second kappa shape index (κ2) is 6.06. The fraction of sp³-hybridized carbons (Fsp3) is 0.0667. The van der Waals surface area contributed by atoms with E-state index in [1.54, 1.807) is 18.2 Å². The molecular formula is C15H8ClFN2O. The Morgan fingerprint density at radius 3 is 2.40 bits per heavy atom. The molecule has 0 saturated carbocycles. The van der Waals surface area contributed by atoms with Crippen molar-refractivity contribution < 1.29 is 9.13 Å². The minimum Gasteiger partial charge on any atom is -0.453 e. The van der Waals surface area contributed by atoms with Crippen molar-refractivity contribution in [1.82, 2.24) is 0 Å². The quantitative estimate of drug-likeness (QED) is 0.798. The zero-order valence-corrected chi connectivity index (χ0v) is 11.0. The fourth-order valence-corrected chi connectivity index (χ4v) is 1.77. The van der Waals surface area contributed by atoms with Crippen molar-refractivity contribution >= 4 is 11.6 Å². The van der Waals surface area contributed by atoms with Crippen LogP contribution in [-0.2, 0) is 5.88 Å². The minimum absolute atomic E-state index is 0.0425. The number of nitriles is 2. The first-order valence-electron chi connectivity index (χ1n) is 5.64. The highest BCUT2D eigenvalue weighted by molar-refractivity contribution is 6.17. The Morgan fingerprint density at radius 2 is 1.80 bits per heavy atom. The van der Waals surface area contributed by atoms with Crippen molar-refractivity contribution in [3.05, 3.63) is 58.9 Å². The van der Waals surface area contributed by atoms with E-state index in [9.17, 15) is 4.39 Å². The van der Waals surface area contributed by atoms with Crippen LogP contribution in [0, 0.1) is 28.5 Å². The Labute approximate surface area is 120 Å². The Hall–Kier alpha value is -2.56. The molecule has 0 radical (unpaired) electrons. The Bertz CT molecular complexity index is 732. The summed E-state index contributed by atoms with van der Waals surface area (Å²) in [5.74, 6) is -0.182. The first-order chi connectivity index (χ1) is 9.67. The van der Waals surface area contributed by atoms with Crippen LogP contribution in [0.15, 0.2) is 36.4 Å². The van der Waals surface area contributed by atoms with Gasteiger partial charge in [-0.2, -0.15) is 10.5 Å². The highest BCUT2D eigenvalue weighted by Gasteiger charge is 2.10. The number of hydrogen-bond acceptors (Lipinski definition) is 3. The Morgan fingerprint density at radius 1 is 1.05 bits per heavy atom. The monoisotopic (exact) mass is 286 g/mol. The second-order valence-electron chi connectivity index (χ2n) is 3.94. The van der Waals surface area contributed by atoms with E-state index >= 15 is 0 Å². The van der Waals surface area contributed by atoms with Crippen molar-refractivity contribution in [1.29, 1.82) is 10.5 Å². The third-order valence-electron chi connectivity index (χ3n) is 2.60. The standard InChI is InChI=1S/C15H8ClFN2O/c16-7-10-1-3-14(12(5-10)9-19)20-15-4-2-11(8-18)6-13(15)17/h1-6H,7H2. The molecular weight excluding hydrogens is 279 g/mol. The second-order valence-corrected chi connectivity index (χ2v) is 4.20. The van der Waals surface area contributed by atoms with E-state index in [0.717, 1.165) is 11.6 Å². The van der Waals surface area contributed by atoms with Crippen LogP contribution in [-0.4, -0.2) is 0 Å². The molecule has 0 aliphatic heterocycles. The fourth-order valence-electron chi connectivity index (χ4n) is 1.61. The maximum atomic E-state index is 13.7. The molecule has 0 spiro atoms. The van der Waals surface area contributed by atoms with Crippen molar-refractivity contribution in [3.8, 4) is 23.6 Å². The van der Waals surface area contributed by atoms with Gasteiger partial charge < -0.3 is 4.74 Å². The van der Waals surface area contributed by atoms with Gasteiger partial charge in [-0.1, -0.05) is 6.07 Å². The van der Waals surface area contributed by atoms with Crippen molar-refractivity contribution in [2.75, 3.05) is 0 Å². The summed E-state index contributed by atoms with van der Waals surface area (Å²) in [6.45, 7) is 0. The number of hydrogen-bond donors (Lipinski definition) is 0. The molecule has 0 aliphatic carbocycles. The topological polar surface area (TPSA) is 56.8 Å². The summed E-state index contributed by atoms with van der Waals surface area (Å²) < 4.78 is 19.1. The molecule has 0 aromatic heterocycles. The van der Waals surface area contributed by atoms with Gasteiger partial charge in [0.05, 0.1) is 17.2 Å². The van der Waals surface area contributed by atoms with Crippen molar-refractivity contribution in [2.24, 2.45) is 0 Å². The average molecular weight is 287 g/mol. The molecule has 20 heavy (non-hydrogen) atoms. The van der Waals surface area contributed by atoms with Gasteiger partial charge in [-0.3, -0.25) is 0 Å². The normalized spacial score (nSPS) is 9.60. The van der Waals surface area contributed by atoms with E-state index < -0.39 is 5.82 Å². The van der Waals surface area contributed by atoms with Crippen LogP contribution in [0.5, 0.6) is 11.5 Å². The van der Waals surface area contributed by atoms with Crippen LogP contribution in [0.4, 0.5) is 4.39 Å². The zero-order chi connectivity index (χ0) is 14.5. The number of nitrogens with zero attached hydrogens (tertiary/aromatic N) is 2. The van der Waals surface area contributed by atoms with Gasteiger partial charge in [0.15, 0.2) is 11.6 Å². The van der Waals surface area contributed by atoms with Gasteiger partial charge in [0.2, 0.25) is 0 Å². The molecule has 0 saturated heterocycles. The summed E-state index contributed by atoms with van der Waals surface area (Å²) in [6, 6.07) is 12.5. The molecule has 3 nitrogen and oxygen atoms in total. The maximum Gasteiger partial charge on any atom is 0.167 e.